The van der Waals surface area contributed by atoms with Crippen LogP contribution in [0.2, 0.25) is 0 Å². The maximum atomic E-state index is 5.85. The van der Waals surface area contributed by atoms with Gasteiger partial charge in [-0.15, -0.1) is 22.9 Å². The van der Waals surface area contributed by atoms with Crippen LogP contribution in [-0.4, -0.2) is 0 Å². The summed E-state index contributed by atoms with van der Waals surface area (Å²) >= 11 is 7.60. The molecule has 1 heterocycles. The van der Waals surface area contributed by atoms with Crippen molar-refractivity contribution < 1.29 is 0 Å². The molecular formula is C11H9ClS. The van der Waals surface area contributed by atoms with Crippen molar-refractivity contribution in [1.82, 2.24) is 0 Å². The van der Waals surface area contributed by atoms with Gasteiger partial charge in [0.1, 0.15) is 0 Å². The van der Waals surface area contributed by atoms with Crippen LogP contribution in [-0.2, 0) is 5.88 Å². The third kappa shape index (κ3) is 1.77. The number of thiophene rings is 1. The summed E-state index contributed by atoms with van der Waals surface area (Å²) in [7, 11) is 0. The van der Waals surface area contributed by atoms with Gasteiger partial charge in [-0.1, -0.05) is 30.3 Å². The third-order valence-electron chi connectivity index (χ3n) is 1.95. The van der Waals surface area contributed by atoms with Crippen molar-refractivity contribution in [3.8, 4) is 10.4 Å². The first-order valence-electron chi connectivity index (χ1n) is 4.09. The average molecular weight is 209 g/mol. The van der Waals surface area contributed by atoms with Crippen LogP contribution in [0.3, 0.4) is 0 Å². The number of alkyl halides is 1. The highest BCUT2D eigenvalue weighted by molar-refractivity contribution is 7.13. The van der Waals surface area contributed by atoms with Crippen molar-refractivity contribution >= 4 is 22.9 Å². The molecule has 0 spiro atoms. The minimum atomic E-state index is 0.577. The molecule has 13 heavy (non-hydrogen) atoms. The second-order valence-electron chi connectivity index (χ2n) is 2.77. The molecule has 0 fully saturated rings. The number of rotatable bonds is 2. The van der Waals surface area contributed by atoms with Gasteiger partial charge in [0.05, 0.1) is 0 Å². The van der Waals surface area contributed by atoms with Crippen LogP contribution in [0, 0.1) is 0 Å². The molecule has 1 aromatic heterocycles. The standard InChI is InChI=1S/C11H9ClS/c12-8-9-4-1-2-5-10(9)11-6-3-7-13-11/h1-7H,8H2. The van der Waals surface area contributed by atoms with Crippen molar-refractivity contribution in [3.05, 3.63) is 47.3 Å². The summed E-state index contributed by atoms with van der Waals surface area (Å²) in [6, 6.07) is 12.4. The largest absolute Gasteiger partial charge is 0.144 e. The highest BCUT2D eigenvalue weighted by Crippen LogP contribution is 2.28. The van der Waals surface area contributed by atoms with E-state index in [1.165, 1.54) is 16.0 Å². The van der Waals surface area contributed by atoms with Gasteiger partial charge < -0.3 is 0 Å². The monoisotopic (exact) mass is 208 g/mol. The van der Waals surface area contributed by atoms with E-state index in [1.807, 2.05) is 12.1 Å². The first-order valence-corrected chi connectivity index (χ1v) is 5.51. The quantitative estimate of drug-likeness (QED) is 0.651. The lowest BCUT2D eigenvalue weighted by atomic mass is 10.1. The van der Waals surface area contributed by atoms with E-state index in [0.717, 1.165) is 0 Å². The SMILES string of the molecule is ClCc1ccccc1-c1cccs1. The second-order valence-corrected chi connectivity index (χ2v) is 3.98. The first-order chi connectivity index (χ1) is 6.42. The molecule has 2 aromatic rings. The van der Waals surface area contributed by atoms with Crippen molar-refractivity contribution in [3.63, 3.8) is 0 Å². The predicted molar refractivity (Wildman–Crippen MR) is 59.3 cm³/mol. The lowest BCUT2D eigenvalue weighted by Crippen LogP contribution is -1.82. The van der Waals surface area contributed by atoms with E-state index >= 15 is 0 Å². The number of halogens is 1. The van der Waals surface area contributed by atoms with Gasteiger partial charge in [-0.05, 0) is 22.6 Å². The van der Waals surface area contributed by atoms with Crippen LogP contribution in [0.1, 0.15) is 5.56 Å². The highest BCUT2D eigenvalue weighted by Gasteiger charge is 2.02. The molecule has 2 rings (SSSR count). The average Bonchev–Trinajstić information content (AvgIpc) is 2.70. The first kappa shape index (κ1) is 8.79. The van der Waals surface area contributed by atoms with Crippen LogP contribution in [0.5, 0.6) is 0 Å². The molecule has 0 aliphatic carbocycles. The van der Waals surface area contributed by atoms with Gasteiger partial charge >= 0.3 is 0 Å². The number of benzene rings is 1. The molecule has 0 saturated carbocycles. The fourth-order valence-electron chi connectivity index (χ4n) is 1.31. The fourth-order valence-corrected chi connectivity index (χ4v) is 2.33. The van der Waals surface area contributed by atoms with E-state index in [9.17, 15) is 0 Å². The van der Waals surface area contributed by atoms with Gasteiger partial charge in [0.2, 0.25) is 0 Å². The minimum absolute atomic E-state index is 0.577. The van der Waals surface area contributed by atoms with Crippen LogP contribution in [0.15, 0.2) is 41.8 Å². The third-order valence-corrected chi connectivity index (χ3v) is 3.14. The van der Waals surface area contributed by atoms with E-state index in [2.05, 4.69) is 29.6 Å². The summed E-state index contributed by atoms with van der Waals surface area (Å²) in [5.41, 5.74) is 2.46. The Bertz CT molecular complexity index is 379. The molecule has 0 bridgehead atoms. The highest BCUT2D eigenvalue weighted by atomic mass is 35.5. The Morgan fingerprint density at radius 1 is 1.08 bits per heavy atom. The van der Waals surface area contributed by atoms with Crippen molar-refractivity contribution in [2.75, 3.05) is 0 Å². The maximum absolute atomic E-state index is 5.85. The van der Waals surface area contributed by atoms with Crippen molar-refractivity contribution in [1.29, 1.82) is 0 Å². The van der Waals surface area contributed by atoms with Gasteiger partial charge in [0, 0.05) is 10.8 Å². The predicted octanol–water partition coefficient (Wildman–Crippen LogP) is 4.15. The van der Waals surface area contributed by atoms with Gasteiger partial charge in [0.15, 0.2) is 0 Å². The summed E-state index contributed by atoms with van der Waals surface area (Å²) in [5, 5.41) is 2.08. The molecule has 0 N–H and O–H groups in total. The zero-order valence-corrected chi connectivity index (χ0v) is 8.61. The molecule has 0 aliphatic heterocycles. The summed E-state index contributed by atoms with van der Waals surface area (Å²) in [6.07, 6.45) is 0. The van der Waals surface area contributed by atoms with Crippen molar-refractivity contribution in [2.24, 2.45) is 0 Å². The number of hydrogen-bond donors (Lipinski definition) is 0. The molecule has 0 aliphatic rings. The van der Waals surface area contributed by atoms with Gasteiger partial charge in [0.25, 0.3) is 0 Å². The molecule has 0 unspecified atom stereocenters. The molecule has 0 atom stereocenters. The Balaban J connectivity index is 2.51. The normalized spacial score (nSPS) is 10.2. The summed E-state index contributed by atoms with van der Waals surface area (Å²) < 4.78 is 0. The van der Waals surface area contributed by atoms with Crippen LogP contribution in [0.4, 0.5) is 0 Å². The molecule has 2 heteroatoms. The summed E-state index contributed by atoms with van der Waals surface area (Å²) in [5.74, 6) is 0.577. The summed E-state index contributed by atoms with van der Waals surface area (Å²) in [6.45, 7) is 0. The zero-order valence-electron chi connectivity index (χ0n) is 7.03. The zero-order chi connectivity index (χ0) is 9.10. The minimum Gasteiger partial charge on any atom is -0.144 e. The van der Waals surface area contributed by atoms with E-state index in [4.69, 9.17) is 11.6 Å². The van der Waals surface area contributed by atoms with Gasteiger partial charge in [-0.25, -0.2) is 0 Å². The Hall–Kier alpha value is -0.790. The molecule has 66 valence electrons. The molecule has 0 radical (unpaired) electrons. The molecule has 1 aromatic carbocycles. The molecule has 0 amide bonds. The van der Waals surface area contributed by atoms with Crippen molar-refractivity contribution in [2.45, 2.75) is 5.88 Å². The number of hydrogen-bond acceptors (Lipinski definition) is 1. The smallest absolute Gasteiger partial charge is 0.0480 e. The maximum Gasteiger partial charge on any atom is 0.0480 e. The summed E-state index contributed by atoms with van der Waals surface area (Å²) in [4.78, 5) is 1.29. The van der Waals surface area contributed by atoms with E-state index < -0.39 is 0 Å². The Morgan fingerprint density at radius 2 is 1.92 bits per heavy atom. The van der Waals surface area contributed by atoms with E-state index in [0.29, 0.717) is 5.88 Å². The topological polar surface area (TPSA) is 0 Å². The van der Waals surface area contributed by atoms with Crippen LogP contribution < -0.4 is 0 Å². The van der Waals surface area contributed by atoms with Gasteiger partial charge in [-0.3, -0.25) is 0 Å². The van der Waals surface area contributed by atoms with E-state index in [1.54, 1.807) is 11.3 Å². The van der Waals surface area contributed by atoms with Crippen LogP contribution >= 0.6 is 22.9 Å². The molecule has 0 nitrogen and oxygen atoms in total. The lowest BCUT2D eigenvalue weighted by Gasteiger charge is -2.03. The van der Waals surface area contributed by atoms with E-state index in [-0.39, 0.29) is 0 Å². The molecule has 0 saturated heterocycles. The second kappa shape index (κ2) is 3.95. The van der Waals surface area contributed by atoms with Gasteiger partial charge in [-0.2, -0.15) is 0 Å². The Labute approximate surface area is 86.8 Å². The molecular weight excluding hydrogens is 200 g/mol. The lowest BCUT2D eigenvalue weighted by molar-refractivity contribution is 1.41. The Kier molecular flexibility index (Phi) is 2.67. The fraction of sp³-hybridized carbons (Fsp3) is 0.0909. The van der Waals surface area contributed by atoms with Crippen LogP contribution in [0.25, 0.3) is 10.4 Å². The Morgan fingerprint density at radius 3 is 2.62 bits per heavy atom.